The summed E-state index contributed by atoms with van der Waals surface area (Å²) in [4.78, 5) is 28.3. The molecule has 1 aliphatic rings. The number of hydrogen-bond acceptors (Lipinski definition) is 3. The molecule has 6 heteroatoms. The van der Waals surface area contributed by atoms with Gasteiger partial charge in [0.05, 0.1) is 6.54 Å². The number of piperazine rings is 1. The monoisotopic (exact) mass is 371 g/mol. The van der Waals surface area contributed by atoms with E-state index in [1.54, 1.807) is 9.80 Å². The summed E-state index contributed by atoms with van der Waals surface area (Å²) >= 11 is 5.89. The van der Waals surface area contributed by atoms with E-state index in [1.165, 1.54) is 0 Å². The molecule has 0 bridgehead atoms. The number of rotatable bonds is 5. The molecule has 0 aliphatic carbocycles. The Balaban J connectivity index is 1.53. The Morgan fingerprint density at radius 1 is 1.08 bits per heavy atom. The minimum atomic E-state index is -0.356. The molecule has 3 rings (SSSR count). The molecule has 1 unspecified atom stereocenters. The summed E-state index contributed by atoms with van der Waals surface area (Å²) < 4.78 is 0. The highest BCUT2D eigenvalue weighted by Gasteiger charge is 2.28. The van der Waals surface area contributed by atoms with Gasteiger partial charge in [0.15, 0.2) is 0 Å². The SMILES string of the molecule is NC(CC(=O)N1CCN(Cc2ccc(Cl)cc2)C(=O)C1)c1ccccc1. The number of benzene rings is 2. The van der Waals surface area contributed by atoms with Gasteiger partial charge in [0, 0.05) is 37.1 Å². The highest BCUT2D eigenvalue weighted by molar-refractivity contribution is 6.30. The largest absolute Gasteiger partial charge is 0.335 e. The fourth-order valence-electron chi connectivity index (χ4n) is 3.03. The van der Waals surface area contributed by atoms with Crippen molar-refractivity contribution in [1.29, 1.82) is 0 Å². The molecule has 26 heavy (non-hydrogen) atoms. The van der Waals surface area contributed by atoms with Gasteiger partial charge in [-0.05, 0) is 23.3 Å². The van der Waals surface area contributed by atoms with E-state index in [9.17, 15) is 9.59 Å². The number of amides is 2. The maximum absolute atomic E-state index is 12.5. The van der Waals surface area contributed by atoms with E-state index in [-0.39, 0.29) is 30.8 Å². The van der Waals surface area contributed by atoms with Crippen LogP contribution in [-0.4, -0.2) is 41.2 Å². The van der Waals surface area contributed by atoms with E-state index >= 15 is 0 Å². The normalized spacial score (nSPS) is 15.8. The molecule has 2 aromatic carbocycles. The zero-order chi connectivity index (χ0) is 18.5. The summed E-state index contributed by atoms with van der Waals surface area (Å²) in [6.07, 6.45) is 0.203. The Morgan fingerprint density at radius 2 is 1.77 bits per heavy atom. The second kappa shape index (κ2) is 8.34. The molecule has 1 atom stereocenters. The van der Waals surface area contributed by atoms with Gasteiger partial charge in [-0.25, -0.2) is 0 Å². The first-order valence-corrected chi connectivity index (χ1v) is 9.01. The van der Waals surface area contributed by atoms with Crippen LogP contribution in [-0.2, 0) is 16.1 Å². The van der Waals surface area contributed by atoms with Gasteiger partial charge in [-0.1, -0.05) is 54.1 Å². The van der Waals surface area contributed by atoms with Crippen molar-refractivity contribution in [2.75, 3.05) is 19.6 Å². The minimum Gasteiger partial charge on any atom is -0.335 e. The average molecular weight is 372 g/mol. The number of halogens is 1. The van der Waals surface area contributed by atoms with Crippen molar-refractivity contribution in [3.8, 4) is 0 Å². The summed E-state index contributed by atoms with van der Waals surface area (Å²) in [6.45, 7) is 1.68. The van der Waals surface area contributed by atoms with Crippen molar-refractivity contribution in [2.45, 2.75) is 19.0 Å². The molecule has 5 nitrogen and oxygen atoms in total. The number of nitrogens with two attached hydrogens (primary N) is 1. The number of carbonyl (C=O) groups is 2. The van der Waals surface area contributed by atoms with Crippen LogP contribution in [0, 0.1) is 0 Å². The Morgan fingerprint density at radius 3 is 2.42 bits per heavy atom. The summed E-state index contributed by atoms with van der Waals surface area (Å²) in [5.41, 5.74) is 8.07. The van der Waals surface area contributed by atoms with Crippen molar-refractivity contribution in [1.82, 2.24) is 9.80 Å². The smallest absolute Gasteiger partial charge is 0.242 e. The van der Waals surface area contributed by atoms with Gasteiger partial charge in [0.25, 0.3) is 0 Å². The first-order valence-electron chi connectivity index (χ1n) is 8.63. The topological polar surface area (TPSA) is 66.6 Å². The molecule has 1 aliphatic heterocycles. The molecule has 1 fully saturated rings. The molecule has 2 aromatic rings. The third-order valence-electron chi connectivity index (χ3n) is 4.58. The first-order chi connectivity index (χ1) is 12.5. The molecular weight excluding hydrogens is 350 g/mol. The highest BCUT2D eigenvalue weighted by Crippen LogP contribution is 2.17. The van der Waals surface area contributed by atoms with Crippen molar-refractivity contribution < 1.29 is 9.59 Å². The van der Waals surface area contributed by atoms with Gasteiger partial charge in [-0.15, -0.1) is 0 Å². The molecular formula is C20H22ClN3O2. The van der Waals surface area contributed by atoms with E-state index < -0.39 is 0 Å². The van der Waals surface area contributed by atoms with Crippen LogP contribution in [0.5, 0.6) is 0 Å². The molecule has 136 valence electrons. The summed E-state index contributed by atoms with van der Waals surface area (Å²) in [5.74, 6) is -0.131. The minimum absolute atomic E-state index is 0.0483. The van der Waals surface area contributed by atoms with Gasteiger partial charge in [-0.2, -0.15) is 0 Å². The number of carbonyl (C=O) groups excluding carboxylic acids is 2. The van der Waals surface area contributed by atoms with Crippen molar-refractivity contribution in [3.05, 3.63) is 70.7 Å². The molecule has 2 N–H and O–H groups in total. The van der Waals surface area contributed by atoms with E-state index in [1.807, 2.05) is 54.6 Å². The summed E-state index contributed by atoms with van der Waals surface area (Å²) in [5, 5.41) is 0.672. The quantitative estimate of drug-likeness (QED) is 0.878. The second-order valence-electron chi connectivity index (χ2n) is 6.48. The van der Waals surface area contributed by atoms with E-state index in [0.29, 0.717) is 24.7 Å². The molecule has 1 heterocycles. The number of nitrogens with zero attached hydrogens (tertiary/aromatic N) is 2. The van der Waals surface area contributed by atoms with Crippen molar-refractivity contribution >= 4 is 23.4 Å². The lowest BCUT2D eigenvalue weighted by Gasteiger charge is -2.35. The van der Waals surface area contributed by atoms with Crippen LogP contribution in [0.25, 0.3) is 0 Å². The van der Waals surface area contributed by atoms with Crippen LogP contribution in [0.1, 0.15) is 23.6 Å². The first kappa shape index (κ1) is 18.4. The van der Waals surface area contributed by atoms with Crippen LogP contribution in [0.2, 0.25) is 5.02 Å². The molecule has 1 saturated heterocycles. The van der Waals surface area contributed by atoms with Crippen LogP contribution in [0.4, 0.5) is 0 Å². The fourth-order valence-corrected chi connectivity index (χ4v) is 3.16. The summed E-state index contributed by atoms with van der Waals surface area (Å²) in [7, 11) is 0. The highest BCUT2D eigenvalue weighted by atomic mass is 35.5. The third-order valence-corrected chi connectivity index (χ3v) is 4.83. The van der Waals surface area contributed by atoms with Crippen molar-refractivity contribution in [2.24, 2.45) is 5.73 Å². The molecule has 0 saturated carbocycles. The van der Waals surface area contributed by atoms with E-state index in [4.69, 9.17) is 17.3 Å². The zero-order valence-corrected chi connectivity index (χ0v) is 15.2. The Kier molecular flexibility index (Phi) is 5.91. The predicted molar refractivity (Wildman–Crippen MR) is 101 cm³/mol. The maximum Gasteiger partial charge on any atom is 0.242 e. The van der Waals surface area contributed by atoms with Crippen LogP contribution < -0.4 is 5.73 Å². The standard InChI is InChI=1S/C20H22ClN3O2/c21-17-8-6-15(7-9-17)13-23-10-11-24(14-20(23)26)19(25)12-18(22)16-4-2-1-3-5-16/h1-9,18H,10-14,22H2. The molecule has 2 amide bonds. The summed E-state index contributed by atoms with van der Waals surface area (Å²) in [6, 6.07) is 16.6. The Hall–Kier alpha value is -2.37. The second-order valence-corrected chi connectivity index (χ2v) is 6.91. The third kappa shape index (κ3) is 4.62. The maximum atomic E-state index is 12.5. The fraction of sp³-hybridized carbons (Fsp3) is 0.300. The van der Waals surface area contributed by atoms with Crippen molar-refractivity contribution in [3.63, 3.8) is 0 Å². The zero-order valence-electron chi connectivity index (χ0n) is 14.5. The Labute approximate surface area is 158 Å². The van der Waals surface area contributed by atoms with Gasteiger partial charge < -0.3 is 15.5 Å². The van der Waals surface area contributed by atoms with Crippen LogP contribution >= 0.6 is 11.6 Å². The van der Waals surface area contributed by atoms with Gasteiger partial charge in [0.1, 0.15) is 0 Å². The predicted octanol–water partition coefficient (Wildman–Crippen LogP) is 2.60. The number of hydrogen-bond donors (Lipinski definition) is 1. The average Bonchev–Trinajstić information content (AvgIpc) is 2.65. The van der Waals surface area contributed by atoms with E-state index in [0.717, 1.165) is 11.1 Å². The molecule has 0 spiro atoms. The van der Waals surface area contributed by atoms with Crippen LogP contribution in [0.3, 0.4) is 0 Å². The van der Waals surface area contributed by atoms with Crippen LogP contribution in [0.15, 0.2) is 54.6 Å². The lowest BCUT2D eigenvalue weighted by Crippen LogP contribution is -2.52. The van der Waals surface area contributed by atoms with E-state index in [2.05, 4.69) is 0 Å². The lowest BCUT2D eigenvalue weighted by molar-refractivity contribution is -0.145. The lowest BCUT2D eigenvalue weighted by atomic mass is 10.0. The molecule has 0 radical (unpaired) electrons. The molecule has 0 aromatic heterocycles. The van der Waals surface area contributed by atoms with Gasteiger partial charge >= 0.3 is 0 Å². The van der Waals surface area contributed by atoms with Gasteiger partial charge in [-0.3, -0.25) is 9.59 Å². The van der Waals surface area contributed by atoms with Gasteiger partial charge in [0.2, 0.25) is 11.8 Å². The Bertz CT molecular complexity index is 764.